The Balaban J connectivity index is 0.596. The fourth-order valence-electron chi connectivity index (χ4n) is 12.5. The molecule has 3 aromatic carbocycles. The third kappa shape index (κ3) is 19.8. The Morgan fingerprint density at radius 3 is 2.10 bits per heavy atom. The summed E-state index contributed by atoms with van der Waals surface area (Å²) < 4.78 is 58.9. The van der Waals surface area contributed by atoms with Gasteiger partial charge in [-0.15, -0.1) is 11.3 Å². The Hall–Kier alpha value is -8.42. The lowest BCUT2D eigenvalue weighted by Crippen LogP contribution is -2.59. The number of nitrogens with zero attached hydrogens (tertiary/aromatic N) is 9. The van der Waals surface area contributed by atoms with Crippen LogP contribution in [0.1, 0.15) is 87.2 Å². The van der Waals surface area contributed by atoms with Gasteiger partial charge in [0, 0.05) is 102 Å². The minimum Gasteiger partial charge on any atom is -0.391 e. The van der Waals surface area contributed by atoms with E-state index < -0.39 is 59.1 Å². The van der Waals surface area contributed by atoms with E-state index >= 15 is 0 Å². The molecular weight excluding hydrogens is 1310 g/mol. The summed E-state index contributed by atoms with van der Waals surface area (Å²) in [7, 11) is 1.65. The van der Waals surface area contributed by atoms with Crippen molar-refractivity contribution in [3.8, 4) is 27.4 Å². The number of aryl methyl sites for hydroxylation is 1. The molecule has 0 bridgehead atoms. The maximum absolute atomic E-state index is 14.8. The molecule has 0 unspecified atom stereocenters. The summed E-state index contributed by atoms with van der Waals surface area (Å²) >= 11 is 1.49. The van der Waals surface area contributed by atoms with E-state index in [-0.39, 0.29) is 101 Å². The van der Waals surface area contributed by atoms with Gasteiger partial charge < -0.3 is 64.8 Å². The number of rotatable bonds is 33. The van der Waals surface area contributed by atoms with Crippen molar-refractivity contribution in [3.63, 3.8) is 0 Å². The highest BCUT2D eigenvalue weighted by molar-refractivity contribution is 7.13. The molecule has 10 rings (SSSR count). The monoisotopic (exact) mass is 1400 g/mol. The standard InChI is InChI=1S/C71H92F2N14O12S/c1-46-61(82-87(53-13-8-7-9-14-53)64(46)81-69(94)79-57-44-83(27-30-95-6)43-55(57)50-11-10-12-52(72)37-50)51-40-75-68(76-41-51)85-25-23-84(24-26-85)60(90)19-28-96-31-33-98-35-36-99-34-32-97-29-22-74-59(89)39-56(48-15-17-49(18-16-48)62-47(2)77-45-100-62)78-65(91)58-38-54(88)42-86(58)66(92)63(70(3,4)5)80-67(93)71(73)20-21-71/h7-18,37,40-41,45,54-58,63,88H,19-36,38-39,42-44H2,1-6H3,(H,74,89)(H,78,91)(H,80,93)(H2,79,81,94)/t54-,55+,56+,57-,58+,63-/m1/s1. The number of thiazole rings is 1. The summed E-state index contributed by atoms with van der Waals surface area (Å²) in [6.45, 7) is 15.7. The first-order chi connectivity index (χ1) is 48.2. The van der Waals surface area contributed by atoms with Crippen molar-refractivity contribution >= 4 is 58.7 Å². The minimum atomic E-state index is -2.02. The largest absolute Gasteiger partial charge is 0.391 e. The van der Waals surface area contributed by atoms with Crippen molar-refractivity contribution < 1.29 is 66.3 Å². The van der Waals surface area contributed by atoms with Gasteiger partial charge in [-0.3, -0.25) is 34.2 Å². The summed E-state index contributed by atoms with van der Waals surface area (Å²) in [6.07, 6.45) is 2.52. The van der Waals surface area contributed by atoms with Gasteiger partial charge in [-0.1, -0.05) is 75.4 Å². The number of halogens is 2. The molecule has 6 atom stereocenters. The van der Waals surface area contributed by atoms with E-state index in [1.54, 1.807) is 56.5 Å². The Kier molecular flexibility index (Phi) is 25.8. The van der Waals surface area contributed by atoms with Gasteiger partial charge in [0.2, 0.25) is 29.6 Å². The fraction of sp³-hybridized carbons (Fsp3) is 0.521. The number of hydrogen-bond donors (Lipinski definition) is 6. The molecule has 3 aliphatic heterocycles. The molecule has 0 spiro atoms. The quantitative estimate of drug-likeness (QED) is 0.0261. The molecule has 26 nitrogen and oxygen atoms in total. The number of carbonyl (C=O) groups is 6. The van der Waals surface area contributed by atoms with E-state index in [9.17, 15) is 42.7 Å². The number of likely N-dealkylation sites (tertiary alicyclic amines) is 2. The minimum absolute atomic E-state index is 0.0127. The molecule has 3 saturated heterocycles. The van der Waals surface area contributed by atoms with Crippen LogP contribution in [0.2, 0.25) is 0 Å². The highest BCUT2D eigenvalue weighted by atomic mass is 32.1. The first kappa shape index (κ1) is 74.3. The van der Waals surface area contributed by atoms with Crippen LogP contribution in [0.25, 0.3) is 27.4 Å². The molecule has 3 aromatic heterocycles. The predicted molar refractivity (Wildman–Crippen MR) is 371 cm³/mol. The number of β-amino-alcohol motifs (C(OH)–C–C–N with tert-alkyl or cyclic N) is 1. The van der Waals surface area contributed by atoms with E-state index in [2.05, 4.69) is 36.5 Å². The molecular formula is C71H92F2N14O12S. The van der Waals surface area contributed by atoms with Crippen LogP contribution in [0, 0.1) is 25.1 Å². The second kappa shape index (κ2) is 34.8. The number of hydrogen-bond acceptors (Lipinski definition) is 19. The van der Waals surface area contributed by atoms with Crippen LogP contribution in [0.15, 0.2) is 96.8 Å². The van der Waals surface area contributed by atoms with Gasteiger partial charge in [-0.05, 0) is 73.1 Å². The average molecular weight is 1400 g/mol. The predicted octanol–water partition coefficient (Wildman–Crippen LogP) is 5.91. The summed E-state index contributed by atoms with van der Waals surface area (Å²) in [5.41, 5.74) is 4.79. The number of nitrogens with one attached hydrogen (secondary N) is 5. The first-order valence-electron chi connectivity index (χ1n) is 34.1. The van der Waals surface area contributed by atoms with Crippen LogP contribution >= 0.6 is 11.3 Å². The van der Waals surface area contributed by atoms with Crippen LogP contribution < -0.4 is 31.5 Å². The third-order valence-corrected chi connectivity index (χ3v) is 19.3. The Morgan fingerprint density at radius 2 is 1.46 bits per heavy atom. The molecule has 4 fully saturated rings. The zero-order valence-electron chi connectivity index (χ0n) is 57.6. The number of aliphatic hydroxyl groups excluding tert-OH is 1. The highest BCUT2D eigenvalue weighted by Crippen LogP contribution is 2.41. The number of urea groups is 1. The maximum Gasteiger partial charge on any atom is 0.320 e. The van der Waals surface area contributed by atoms with Gasteiger partial charge in [0.05, 0.1) is 112 Å². The molecule has 538 valence electrons. The van der Waals surface area contributed by atoms with Crippen LogP contribution in [-0.4, -0.2) is 235 Å². The normalized spacial score (nSPS) is 18.9. The number of alkyl halides is 1. The molecule has 7 amide bonds. The van der Waals surface area contributed by atoms with Crippen molar-refractivity contribution in [2.75, 3.05) is 136 Å². The van der Waals surface area contributed by atoms with E-state index in [1.807, 2.05) is 84.3 Å². The number of ether oxygens (including phenoxy) is 5. The smallest absolute Gasteiger partial charge is 0.320 e. The zero-order valence-corrected chi connectivity index (χ0v) is 58.4. The molecule has 4 aliphatic rings. The van der Waals surface area contributed by atoms with Crippen molar-refractivity contribution in [3.05, 3.63) is 125 Å². The molecule has 6 aromatic rings. The maximum atomic E-state index is 14.8. The SMILES string of the molecule is COCCN1C[C@@H](NC(=O)Nc2c(C)c(-c3cnc(N4CCN(C(=O)CCOCCOCCOCCOCCNC(=O)C[C@H](NC(=O)[C@@H]5C[C@@H](O)CN5C(=O)[C@@H](NC(=O)C5(F)CC5)C(C)(C)C)c5ccc(-c6scnc6C)cc5)CC4)nc3)nn2-c2ccccc2)[C@H](c2cccc(F)c2)C1. The molecule has 6 heterocycles. The van der Waals surface area contributed by atoms with Crippen LogP contribution in [0.5, 0.6) is 0 Å². The van der Waals surface area contributed by atoms with E-state index in [0.717, 1.165) is 27.4 Å². The van der Waals surface area contributed by atoms with E-state index in [1.165, 1.54) is 28.4 Å². The van der Waals surface area contributed by atoms with E-state index in [4.69, 9.17) is 38.8 Å². The molecule has 29 heteroatoms. The number of aliphatic hydroxyl groups is 1. The van der Waals surface area contributed by atoms with Gasteiger partial charge in [0.15, 0.2) is 5.67 Å². The van der Waals surface area contributed by atoms with Crippen molar-refractivity contribution in [2.24, 2.45) is 5.41 Å². The summed E-state index contributed by atoms with van der Waals surface area (Å²) in [6, 6.07) is 19.6. The van der Waals surface area contributed by atoms with Gasteiger partial charge in [0.1, 0.15) is 29.4 Å². The number of carbonyl (C=O) groups excluding carboxylic acids is 6. The second-order valence-corrected chi connectivity index (χ2v) is 27.5. The van der Waals surface area contributed by atoms with Crippen molar-refractivity contribution in [1.29, 1.82) is 0 Å². The number of methoxy groups -OCH3 is 1. The highest BCUT2D eigenvalue weighted by Gasteiger charge is 2.53. The summed E-state index contributed by atoms with van der Waals surface area (Å²) in [4.78, 5) is 104. The van der Waals surface area contributed by atoms with Gasteiger partial charge in [-0.25, -0.2) is 33.2 Å². The van der Waals surface area contributed by atoms with Crippen molar-refractivity contribution in [1.82, 2.24) is 60.7 Å². The number of para-hydroxylation sites is 1. The third-order valence-electron chi connectivity index (χ3n) is 18.3. The first-order valence-corrected chi connectivity index (χ1v) is 35.0. The number of piperazine rings is 1. The number of amides is 7. The molecule has 0 radical (unpaired) electrons. The summed E-state index contributed by atoms with van der Waals surface area (Å²) in [5, 5.41) is 30.4. The topological polar surface area (TPSA) is 298 Å². The lowest BCUT2D eigenvalue weighted by atomic mass is 9.85. The number of benzene rings is 3. The Labute approximate surface area is 585 Å². The molecule has 1 aliphatic carbocycles. The average Bonchev–Trinajstić information content (AvgIpc) is 1.62. The lowest BCUT2D eigenvalue weighted by Gasteiger charge is -2.36. The summed E-state index contributed by atoms with van der Waals surface area (Å²) in [5.74, 6) is -1.94. The molecule has 100 heavy (non-hydrogen) atoms. The van der Waals surface area contributed by atoms with Crippen LogP contribution in [0.4, 0.5) is 25.3 Å². The fourth-order valence-corrected chi connectivity index (χ4v) is 13.4. The van der Waals surface area contributed by atoms with E-state index in [0.29, 0.717) is 113 Å². The Morgan fingerprint density at radius 1 is 0.780 bits per heavy atom. The van der Waals surface area contributed by atoms with Crippen LogP contribution in [0.3, 0.4) is 0 Å². The van der Waals surface area contributed by atoms with Gasteiger partial charge in [0.25, 0.3) is 5.91 Å². The van der Waals surface area contributed by atoms with Crippen LogP contribution in [-0.2, 0) is 47.7 Å². The zero-order chi connectivity index (χ0) is 70.9. The Bertz CT molecular complexity index is 3720. The number of anilines is 2. The van der Waals surface area contributed by atoms with Gasteiger partial charge in [-0.2, -0.15) is 5.10 Å². The molecule has 6 N–H and O–H groups in total. The van der Waals surface area contributed by atoms with Crippen molar-refractivity contribution in [2.45, 2.75) is 109 Å². The number of aromatic nitrogens is 5. The second-order valence-electron chi connectivity index (χ2n) is 26.7. The lowest BCUT2D eigenvalue weighted by molar-refractivity contribution is -0.145. The van der Waals surface area contributed by atoms with Gasteiger partial charge >= 0.3 is 6.03 Å². The molecule has 1 saturated carbocycles.